The number of hydrogen-bond acceptors (Lipinski definition) is 6. The van der Waals surface area contributed by atoms with E-state index in [1.54, 1.807) is 0 Å². The number of carboxylic acid groups (broad SMARTS) is 1. The van der Waals surface area contributed by atoms with E-state index >= 15 is 0 Å². The molecule has 4 saturated carbocycles. The van der Waals surface area contributed by atoms with Crippen molar-refractivity contribution in [2.45, 2.75) is 67.1 Å². The van der Waals surface area contributed by atoms with E-state index in [9.17, 15) is 24.3 Å². The Morgan fingerprint density at radius 3 is 0.785 bits per heavy atom. The maximum atomic E-state index is 12.1. The van der Waals surface area contributed by atoms with Gasteiger partial charge in [-0.2, -0.15) is 0 Å². The van der Waals surface area contributed by atoms with Crippen molar-refractivity contribution in [3.8, 4) is 0 Å². The van der Waals surface area contributed by atoms with Crippen LogP contribution in [0.4, 0.5) is 0 Å². The van der Waals surface area contributed by atoms with Crippen LogP contribution in [0.15, 0.2) is 310 Å². The molecule has 1 saturated heterocycles. The predicted octanol–water partition coefficient (Wildman–Crippen LogP) is 16.1. The van der Waals surface area contributed by atoms with Crippen molar-refractivity contribution in [1.29, 1.82) is 0 Å². The van der Waals surface area contributed by atoms with Gasteiger partial charge in [-0.3, -0.25) is 19.2 Å². The Balaban J connectivity index is 0.000000125. The molecule has 93 heavy (non-hydrogen) atoms. The van der Waals surface area contributed by atoms with Gasteiger partial charge in [-0.05, 0) is 107 Å². The molecule has 2 amide bonds. The molecule has 5 aliphatic rings. The average Bonchev–Trinajstić information content (AvgIpc) is 1.59. The topological polar surface area (TPSA) is 159 Å². The normalized spacial score (nSPS) is 18.7. The molecule has 5 N–H and O–H groups in total. The lowest BCUT2D eigenvalue weighted by Gasteiger charge is -2.18. The zero-order valence-corrected chi connectivity index (χ0v) is 52.8. The highest BCUT2D eigenvalue weighted by molar-refractivity contribution is 5.86. The molecule has 15 rings (SSSR count). The first-order valence-corrected chi connectivity index (χ1v) is 32.2. The molecule has 5 fully saturated rings. The van der Waals surface area contributed by atoms with Crippen LogP contribution in [-0.4, -0.2) is 48.7 Å². The minimum Gasteiger partial charge on any atom is -0.481 e. The molecule has 1 heterocycles. The maximum absolute atomic E-state index is 12.1. The Morgan fingerprint density at radius 2 is 0.591 bits per heavy atom. The lowest BCUT2D eigenvalue weighted by Crippen LogP contribution is -2.22. The molecule has 1 aliphatic heterocycles. The molecule has 9 nitrogen and oxygen atoms in total. The van der Waals surface area contributed by atoms with E-state index in [4.69, 9.17) is 20.9 Å². The van der Waals surface area contributed by atoms with Gasteiger partial charge in [0, 0.05) is 34.9 Å². The number of carboxylic acids is 1. The second-order valence-electron chi connectivity index (χ2n) is 24.3. The van der Waals surface area contributed by atoms with Crippen LogP contribution < -0.4 is 11.5 Å². The Bertz CT molecular complexity index is 3530. The molecule has 0 radical (unpaired) electrons. The van der Waals surface area contributed by atoms with Crippen LogP contribution in [0.1, 0.15) is 101 Å². The number of amides is 2. The Labute approximate surface area is 547 Å². The number of carbonyl (C=O) groups excluding carboxylic acids is 3. The second-order valence-corrected chi connectivity index (χ2v) is 24.3. The first kappa shape index (κ1) is 65.7. The predicted molar refractivity (Wildman–Crippen MR) is 371 cm³/mol. The van der Waals surface area contributed by atoms with Gasteiger partial charge >= 0.3 is 11.9 Å². The van der Waals surface area contributed by atoms with Crippen LogP contribution in [0.3, 0.4) is 0 Å². The lowest BCUT2D eigenvalue weighted by molar-refractivity contribution is -0.145. The van der Waals surface area contributed by atoms with Crippen molar-refractivity contribution in [3.63, 3.8) is 0 Å². The third kappa shape index (κ3) is 15.1. The van der Waals surface area contributed by atoms with Gasteiger partial charge in [-0.15, -0.1) is 0 Å². The highest BCUT2D eigenvalue weighted by Crippen LogP contribution is 2.62. The van der Waals surface area contributed by atoms with Crippen LogP contribution in [0, 0.1) is 23.7 Å². The zero-order valence-electron chi connectivity index (χ0n) is 52.8. The minimum atomic E-state index is -0.706. The van der Waals surface area contributed by atoms with Gasteiger partial charge in [-0.1, -0.05) is 310 Å². The summed E-state index contributed by atoms with van der Waals surface area (Å²) in [5, 5.41) is 9.31. The average molecular weight is 1230 g/mol. The molecular formula is C84H82N2O7. The number of ether oxygens (including phenoxy) is 2. The van der Waals surface area contributed by atoms with Crippen LogP contribution in [0.2, 0.25) is 0 Å². The van der Waals surface area contributed by atoms with Gasteiger partial charge < -0.3 is 26.0 Å². The van der Waals surface area contributed by atoms with Crippen LogP contribution in [0.5, 0.6) is 0 Å². The van der Waals surface area contributed by atoms with Crippen molar-refractivity contribution < 1.29 is 33.8 Å². The highest BCUT2D eigenvalue weighted by atomic mass is 16.5. The third-order valence-corrected chi connectivity index (χ3v) is 18.8. The maximum Gasteiger partial charge on any atom is 0.310 e. The zero-order chi connectivity index (χ0) is 65.1. The fourth-order valence-electron chi connectivity index (χ4n) is 13.6. The SMILES string of the molecule is C1CCOC1.C=C(c1ccccc1)c1ccccc1.CCOC(=O)C1CC1(c1ccccc1)c1ccccc1.NC(=O)C1CC1(c1ccccc1)c1ccccc1.NC(=O)C1CC1(c1ccccc1)c1ccccc1.O=C(O)C1CC1(c1ccccc1)c1ccccc1. The fourth-order valence-corrected chi connectivity index (χ4v) is 13.6. The molecular weight excluding hydrogens is 1150 g/mol. The number of primary amides is 2. The van der Waals surface area contributed by atoms with E-state index in [0.29, 0.717) is 13.0 Å². The molecule has 0 aromatic heterocycles. The van der Waals surface area contributed by atoms with Crippen molar-refractivity contribution in [2.75, 3.05) is 19.8 Å². The number of nitrogens with two attached hydrogens (primary N) is 2. The Morgan fingerprint density at radius 1 is 0.376 bits per heavy atom. The second kappa shape index (κ2) is 30.7. The van der Waals surface area contributed by atoms with Crippen LogP contribution in [0.25, 0.3) is 5.57 Å². The smallest absolute Gasteiger partial charge is 0.310 e. The van der Waals surface area contributed by atoms with Crippen LogP contribution >= 0.6 is 0 Å². The van der Waals surface area contributed by atoms with E-state index < -0.39 is 5.97 Å². The monoisotopic (exact) mass is 1230 g/mol. The van der Waals surface area contributed by atoms with Gasteiger partial charge in [0.05, 0.1) is 30.3 Å². The van der Waals surface area contributed by atoms with Gasteiger partial charge in [0.1, 0.15) is 0 Å². The van der Waals surface area contributed by atoms with Crippen molar-refractivity contribution in [1.82, 2.24) is 0 Å². The lowest BCUT2D eigenvalue weighted by atomic mass is 9.85. The molecule has 4 aliphatic carbocycles. The molecule has 10 aromatic rings. The summed E-state index contributed by atoms with van der Waals surface area (Å²) in [5.74, 6) is -1.73. The summed E-state index contributed by atoms with van der Waals surface area (Å²) in [6.07, 6.45) is 5.71. The molecule has 0 spiro atoms. The number of carbonyl (C=O) groups is 4. The largest absolute Gasteiger partial charge is 0.481 e. The summed E-state index contributed by atoms with van der Waals surface area (Å²) < 4.78 is 10.2. The molecule has 4 atom stereocenters. The van der Waals surface area contributed by atoms with Gasteiger partial charge in [0.15, 0.2) is 0 Å². The molecule has 4 unspecified atom stereocenters. The van der Waals surface area contributed by atoms with E-state index in [2.05, 4.69) is 104 Å². The molecule has 9 heteroatoms. The molecule has 10 aromatic carbocycles. The van der Waals surface area contributed by atoms with E-state index in [1.807, 2.05) is 213 Å². The summed E-state index contributed by atoms with van der Waals surface area (Å²) in [4.78, 5) is 46.6. The van der Waals surface area contributed by atoms with Gasteiger partial charge in [-0.25, -0.2) is 0 Å². The van der Waals surface area contributed by atoms with Gasteiger partial charge in [0.2, 0.25) is 11.8 Å². The quantitative estimate of drug-likeness (QED) is 0.0862. The van der Waals surface area contributed by atoms with Gasteiger partial charge in [0.25, 0.3) is 0 Å². The number of aliphatic carboxylic acids is 1. The molecule has 470 valence electrons. The Hall–Kier alpha value is -10.2. The number of esters is 1. The van der Waals surface area contributed by atoms with Crippen LogP contribution in [-0.2, 0) is 50.3 Å². The minimum absolute atomic E-state index is 0.0627. The summed E-state index contributed by atoms with van der Waals surface area (Å²) in [7, 11) is 0. The third-order valence-electron chi connectivity index (χ3n) is 18.8. The number of rotatable bonds is 15. The molecule has 0 bridgehead atoms. The summed E-state index contributed by atoms with van der Waals surface area (Å²) in [6.45, 7) is 8.39. The van der Waals surface area contributed by atoms with Crippen molar-refractivity contribution in [2.24, 2.45) is 35.1 Å². The Kier molecular flexibility index (Phi) is 21.7. The van der Waals surface area contributed by atoms with Crippen molar-refractivity contribution in [3.05, 3.63) is 366 Å². The summed E-state index contributed by atoms with van der Waals surface area (Å²) in [6, 6.07) is 102. The van der Waals surface area contributed by atoms with E-state index in [1.165, 1.54) is 57.3 Å². The van der Waals surface area contributed by atoms with E-state index in [0.717, 1.165) is 49.2 Å². The number of hydrogen-bond donors (Lipinski definition) is 3. The first-order valence-electron chi connectivity index (χ1n) is 32.2. The summed E-state index contributed by atoms with van der Waals surface area (Å²) >= 11 is 0. The fraction of sp³-hybridized carbons (Fsp3) is 0.214. The summed E-state index contributed by atoms with van der Waals surface area (Å²) in [5.41, 5.74) is 22.8. The standard InChI is InChI=1S/C18H18O2.2C16H15NO.C16H14O2.C14H12.C4H8O/c1-2-20-17(19)16-13-18(16,14-9-5-3-6-10-14)15-11-7-4-8-12-15;3*17-15(18)14-11-16(14,12-7-3-1-4-8-12)13-9-5-2-6-10-13;1-12(13-8-4-2-5-9-13)14-10-6-3-7-11-14;1-2-4-5-3-1/h3-12,16H,2,13H2,1H3;2*1-10,14H,11H2,(H2,17,18);1-10,14H,11H2,(H,17,18);2-11H,1H2;1-4H2. The number of benzene rings is 10. The van der Waals surface area contributed by atoms with E-state index in [-0.39, 0.29) is 63.1 Å². The highest BCUT2D eigenvalue weighted by Gasteiger charge is 2.63. The van der Waals surface area contributed by atoms with Crippen molar-refractivity contribution >= 4 is 29.3 Å². The first-order chi connectivity index (χ1) is 45.4.